The highest BCUT2D eigenvalue weighted by Gasteiger charge is 2.16. The van der Waals surface area contributed by atoms with E-state index in [9.17, 15) is 4.79 Å². The molecular weight excluding hydrogens is 333 g/mol. The number of carbonyl (C=O) groups is 1. The molecule has 0 saturated carbocycles. The van der Waals surface area contributed by atoms with Crippen LogP contribution in [0.3, 0.4) is 0 Å². The summed E-state index contributed by atoms with van der Waals surface area (Å²) in [5.74, 6) is -0.175. The van der Waals surface area contributed by atoms with E-state index in [-0.39, 0.29) is 5.91 Å². The SMILES string of the molecule is Cc1nn(C)cc1NC(=O)c1c(I)cnn1C. The minimum Gasteiger partial charge on any atom is -0.318 e. The molecule has 0 aliphatic carbocycles. The Morgan fingerprint density at radius 2 is 2.18 bits per heavy atom. The second-order valence-electron chi connectivity index (χ2n) is 3.72. The second-order valence-corrected chi connectivity index (χ2v) is 4.88. The zero-order valence-corrected chi connectivity index (χ0v) is 11.9. The van der Waals surface area contributed by atoms with Gasteiger partial charge >= 0.3 is 0 Å². The van der Waals surface area contributed by atoms with Gasteiger partial charge in [-0.25, -0.2) is 0 Å². The van der Waals surface area contributed by atoms with Crippen LogP contribution in [0.4, 0.5) is 5.69 Å². The molecule has 0 radical (unpaired) electrons. The van der Waals surface area contributed by atoms with E-state index in [2.05, 4.69) is 38.1 Å². The molecule has 0 saturated heterocycles. The molecule has 0 fully saturated rings. The van der Waals surface area contributed by atoms with E-state index in [0.717, 1.165) is 15.0 Å². The number of hydrogen-bond donors (Lipinski definition) is 1. The molecule has 2 aromatic rings. The first-order chi connectivity index (χ1) is 7.99. The Morgan fingerprint density at radius 1 is 1.47 bits per heavy atom. The fraction of sp³-hybridized carbons (Fsp3) is 0.300. The topological polar surface area (TPSA) is 64.7 Å². The molecule has 0 aliphatic heterocycles. The summed E-state index contributed by atoms with van der Waals surface area (Å²) in [5, 5.41) is 11.0. The van der Waals surface area contributed by atoms with Crippen molar-refractivity contribution in [2.75, 3.05) is 5.32 Å². The monoisotopic (exact) mass is 345 g/mol. The maximum absolute atomic E-state index is 12.1. The highest BCUT2D eigenvalue weighted by atomic mass is 127. The van der Waals surface area contributed by atoms with E-state index in [4.69, 9.17) is 0 Å². The number of halogens is 1. The van der Waals surface area contributed by atoms with Gasteiger partial charge in [0.25, 0.3) is 5.91 Å². The van der Waals surface area contributed by atoms with Crippen LogP contribution in [0.1, 0.15) is 16.2 Å². The minimum atomic E-state index is -0.175. The summed E-state index contributed by atoms with van der Waals surface area (Å²) < 4.78 is 4.05. The van der Waals surface area contributed by atoms with Gasteiger partial charge in [0.05, 0.1) is 21.1 Å². The van der Waals surface area contributed by atoms with Crippen molar-refractivity contribution in [3.05, 3.63) is 27.4 Å². The fourth-order valence-corrected chi connectivity index (χ4v) is 2.29. The molecule has 7 heteroatoms. The van der Waals surface area contributed by atoms with Crippen LogP contribution in [-0.2, 0) is 14.1 Å². The van der Waals surface area contributed by atoms with Gasteiger partial charge < -0.3 is 5.32 Å². The number of carbonyl (C=O) groups excluding carboxylic acids is 1. The zero-order chi connectivity index (χ0) is 12.6. The van der Waals surface area contributed by atoms with Crippen LogP contribution in [0, 0.1) is 10.5 Å². The van der Waals surface area contributed by atoms with Gasteiger partial charge in [-0.3, -0.25) is 14.2 Å². The highest BCUT2D eigenvalue weighted by molar-refractivity contribution is 14.1. The third-order valence-electron chi connectivity index (χ3n) is 2.37. The standard InChI is InChI=1S/C10H12IN5O/c1-6-8(5-15(2)14-6)13-10(17)9-7(11)4-12-16(9)3/h4-5H,1-3H3,(H,13,17). The van der Waals surface area contributed by atoms with Gasteiger partial charge in [0, 0.05) is 20.3 Å². The molecule has 0 bridgehead atoms. The number of nitrogens with one attached hydrogen (secondary N) is 1. The first-order valence-electron chi connectivity index (χ1n) is 4.98. The summed E-state index contributed by atoms with van der Waals surface area (Å²) in [5.41, 5.74) is 2.06. The van der Waals surface area contributed by atoms with E-state index >= 15 is 0 Å². The van der Waals surface area contributed by atoms with Gasteiger partial charge in [-0.1, -0.05) is 0 Å². The summed E-state index contributed by atoms with van der Waals surface area (Å²) in [6.07, 6.45) is 3.43. The first-order valence-corrected chi connectivity index (χ1v) is 6.06. The number of aromatic nitrogens is 4. The maximum atomic E-state index is 12.1. The van der Waals surface area contributed by atoms with Gasteiger partial charge in [-0.05, 0) is 29.5 Å². The summed E-state index contributed by atoms with van der Waals surface area (Å²) in [6.45, 7) is 1.85. The molecule has 2 rings (SSSR count). The van der Waals surface area contributed by atoms with Crippen LogP contribution < -0.4 is 5.32 Å². The van der Waals surface area contributed by atoms with Crippen molar-refractivity contribution in [1.29, 1.82) is 0 Å². The molecule has 1 N–H and O–H groups in total. The van der Waals surface area contributed by atoms with Crippen molar-refractivity contribution in [3.63, 3.8) is 0 Å². The third-order valence-corrected chi connectivity index (χ3v) is 3.16. The number of amides is 1. The quantitative estimate of drug-likeness (QED) is 0.835. The predicted octanol–water partition coefficient (Wildman–Crippen LogP) is 1.32. The van der Waals surface area contributed by atoms with Crippen LogP contribution >= 0.6 is 22.6 Å². The Balaban J connectivity index is 2.26. The molecule has 0 spiro atoms. The number of nitrogens with zero attached hydrogens (tertiary/aromatic N) is 4. The van der Waals surface area contributed by atoms with Crippen LogP contribution in [0.5, 0.6) is 0 Å². The minimum absolute atomic E-state index is 0.175. The molecule has 6 nitrogen and oxygen atoms in total. The Hall–Kier alpha value is -1.38. The molecule has 90 valence electrons. The Bertz CT molecular complexity index is 552. The zero-order valence-electron chi connectivity index (χ0n) is 9.73. The van der Waals surface area contributed by atoms with E-state index in [1.165, 1.54) is 0 Å². The summed E-state index contributed by atoms with van der Waals surface area (Å²) in [7, 11) is 3.56. The number of hydrogen-bond acceptors (Lipinski definition) is 3. The highest BCUT2D eigenvalue weighted by Crippen LogP contribution is 2.16. The average Bonchev–Trinajstić information content (AvgIpc) is 2.71. The van der Waals surface area contributed by atoms with Crippen LogP contribution in [0.15, 0.2) is 12.4 Å². The molecule has 0 aliphatic rings. The Morgan fingerprint density at radius 3 is 2.65 bits per heavy atom. The summed E-state index contributed by atoms with van der Waals surface area (Å²) >= 11 is 2.09. The smallest absolute Gasteiger partial charge is 0.275 e. The lowest BCUT2D eigenvalue weighted by atomic mass is 10.3. The lowest BCUT2D eigenvalue weighted by Crippen LogP contribution is -2.17. The van der Waals surface area contributed by atoms with Gasteiger partial charge in [-0.2, -0.15) is 10.2 Å². The molecular formula is C10H12IN5O. The molecule has 0 unspecified atom stereocenters. The fourth-order valence-electron chi connectivity index (χ4n) is 1.57. The lowest BCUT2D eigenvalue weighted by molar-refractivity contribution is 0.101. The van der Waals surface area contributed by atoms with E-state index in [0.29, 0.717) is 5.69 Å². The first kappa shape index (κ1) is 12.1. The molecule has 2 heterocycles. The maximum Gasteiger partial charge on any atom is 0.275 e. The molecule has 0 atom stereocenters. The number of aryl methyl sites for hydroxylation is 3. The van der Waals surface area contributed by atoms with Crippen molar-refractivity contribution in [3.8, 4) is 0 Å². The van der Waals surface area contributed by atoms with Crippen LogP contribution in [-0.4, -0.2) is 25.5 Å². The molecule has 0 aromatic carbocycles. The van der Waals surface area contributed by atoms with Gasteiger partial charge in [0.15, 0.2) is 0 Å². The molecule has 1 amide bonds. The predicted molar refractivity (Wildman–Crippen MR) is 71.8 cm³/mol. The van der Waals surface area contributed by atoms with Crippen molar-refractivity contribution < 1.29 is 4.79 Å². The van der Waals surface area contributed by atoms with Crippen molar-refractivity contribution in [1.82, 2.24) is 19.6 Å². The van der Waals surface area contributed by atoms with Gasteiger partial charge in [-0.15, -0.1) is 0 Å². The molecule has 17 heavy (non-hydrogen) atoms. The van der Waals surface area contributed by atoms with Crippen LogP contribution in [0.2, 0.25) is 0 Å². The number of anilines is 1. The largest absolute Gasteiger partial charge is 0.318 e. The van der Waals surface area contributed by atoms with Crippen LogP contribution in [0.25, 0.3) is 0 Å². The average molecular weight is 345 g/mol. The number of rotatable bonds is 2. The van der Waals surface area contributed by atoms with Crippen molar-refractivity contribution in [2.24, 2.45) is 14.1 Å². The van der Waals surface area contributed by atoms with Gasteiger partial charge in [0.2, 0.25) is 0 Å². The Labute approximate surface area is 112 Å². The molecule has 2 aromatic heterocycles. The Kier molecular flexibility index (Phi) is 3.18. The van der Waals surface area contributed by atoms with E-state index < -0.39 is 0 Å². The van der Waals surface area contributed by atoms with Crippen molar-refractivity contribution >= 4 is 34.2 Å². The third kappa shape index (κ3) is 2.33. The lowest BCUT2D eigenvalue weighted by Gasteiger charge is -2.04. The summed E-state index contributed by atoms with van der Waals surface area (Å²) in [4.78, 5) is 12.1. The van der Waals surface area contributed by atoms with Gasteiger partial charge in [0.1, 0.15) is 5.69 Å². The van der Waals surface area contributed by atoms with E-state index in [1.54, 1.807) is 28.8 Å². The second kappa shape index (κ2) is 4.47. The normalized spacial score (nSPS) is 10.6. The van der Waals surface area contributed by atoms with Crippen molar-refractivity contribution in [2.45, 2.75) is 6.92 Å². The van der Waals surface area contributed by atoms with E-state index in [1.807, 2.05) is 14.0 Å². The summed E-state index contributed by atoms with van der Waals surface area (Å²) in [6, 6.07) is 0.